The molecule has 0 aliphatic heterocycles. The standard InChI is InChI=1S/C11H8BrClO3/c1-5-9(11(14)15-2)10-7(12)3-6(13)4-8(10)16-5/h3-4H,1-2H3. The van der Waals surface area contributed by atoms with Crippen LogP contribution < -0.4 is 0 Å². The summed E-state index contributed by atoms with van der Waals surface area (Å²) in [4.78, 5) is 11.6. The summed E-state index contributed by atoms with van der Waals surface area (Å²) in [6.45, 7) is 1.71. The van der Waals surface area contributed by atoms with Crippen LogP contribution in [0.5, 0.6) is 0 Å². The van der Waals surface area contributed by atoms with Gasteiger partial charge in [0, 0.05) is 20.9 Å². The minimum atomic E-state index is -0.417. The van der Waals surface area contributed by atoms with Crippen molar-refractivity contribution in [2.24, 2.45) is 0 Å². The zero-order valence-electron chi connectivity index (χ0n) is 8.64. The maximum atomic E-state index is 11.6. The molecule has 0 spiro atoms. The summed E-state index contributed by atoms with van der Waals surface area (Å²) >= 11 is 9.25. The van der Waals surface area contributed by atoms with Gasteiger partial charge in [-0.1, -0.05) is 11.6 Å². The van der Waals surface area contributed by atoms with Crippen LogP contribution in [-0.2, 0) is 4.74 Å². The number of furan rings is 1. The molecule has 0 saturated carbocycles. The zero-order valence-corrected chi connectivity index (χ0v) is 11.0. The first-order valence-corrected chi connectivity index (χ1v) is 5.68. The summed E-state index contributed by atoms with van der Waals surface area (Å²) in [5.74, 6) is 0.101. The van der Waals surface area contributed by atoms with Gasteiger partial charge in [0.1, 0.15) is 16.9 Å². The lowest BCUT2D eigenvalue weighted by Gasteiger charge is -1.99. The van der Waals surface area contributed by atoms with Crippen molar-refractivity contribution in [1.82, 2.24) is 0 Å². The number of halogens is 2. The highest BCUT2D eigenvalue weighted by Crippen LogP contribution is 2.34. The van der Waals surface area contributed by atoms with E-state index in [0.29, 0.717) is 31.8 Å². The second-order valence-corrected chi connectivity index (χ2v) is 4.58. The number of benzene rings is 1. The van der Waals surface area contributed by atoms with Crippen LogP contribution in [0.25, 0.3) is 11.0 Å². The summed E-state index contributed by atoms with van der Waals surface area (Å²) in [7, 11) is 1.34. The van der Waals surface area contributed by atoms with Gasteiger partial charge in [-0.05, 0) is 28.9 Å². The van der Waals surface area contributed by atoms with E-state index >= 15 is 0 Å². The molecule has 0 atom stereocenters. The molecule has 1 heterocycles. The second kappa shape index (κ2) is 4.11. The third kappa shape index (κ3) is 1.72. The number of hydrogen-bond donors (Lipinski definition) is 0. The van der Waals surface area contributed by atoms with Crippen LogP contribution in [0.4, 0.5) is 0 Å². The van der Waals surface area contributed by atoms with E-state index in [1.165, 1.54) is 7.11 Å². The Kier molecular flexibility index (Phi) is 2.95. The predicted molar refractivity (Wildman–Crippen MR) is 65.0 cm³/mol. The topological polar surface area (TPSA) is 39.4 Å². The van der Waals surface area contributed by atoms with Crippen molar-refractivity contribution >= 4 is 44.5 Å². The Balaban J connectivity index is 2.84. The zero-order chi connectivity index (χ0) is 11.9. The maximum absolute atomic E-state index is 11.6. The van der Waals surface area contributed by atoms with E-state index in [9.17, 15) is 4.79 Å². The Bertz CT molecular complexity index is 574. The highest BCUT2D eigenvalue weighted by molar-refractivity contribution is 9.10. The van der Waals surface area contributed by atoms with Crippen LogP contribution in [0.1, 0.15) is 16.1 Å². The molecule has 5 heteroatoms. The molecular weight excluding hydrogens is 295 g/mol. The Labute approximate surface area is 105 Å². The van der Waals surface area contributed by atoms with Crippen molar-refractivity contribution in [2.75, 3.05) is 7.11 Å². The number of methoxy groups -OCH3 is 1. The van der Waals surface area contributed by atoms with Gasteiger partial charge in [0.2, 0.25) is 0 Å². The number of esters is 1. The van der Waals surface area contributed by atoms with E-state index in [2.05, 4.69) is 15.9 Å². The molecule has 0 amide bonds. The molecule has 0 unspecified atom stereocenters. The fourth-order valence-corrected chi connectivity index (χ4v) is 2.59. The molecule has 0 aliphatic carbocycles. The average molecular weight is 304 g/mol. The van der Waals surface area contributed by atoms with Crippen molar-refractivity contribution in [2.45, 2.75) is 6.92 Å². The van der Waals surface area contributed by atoms with Gasteiger partial charge in [-0.25, -0.2) is 4.79 Å². The van der Waals surface area contributed by atoms with E-state index in [-0.39, 0.29) is 0 Å². The molecule has 0 saturated heterocycles. The largest absolute Gasteiger partial charge is 0.465 e. The molecule has 2 rings (SSSR count). The average Bonchev–Trinajstić information content (AvgIpc) is 2.53. The van der Waals surface area contributed by atoms with Gasteiger partial charge in [-0.2, -0.15) is 0 Å². The number of aryl methyl sites for hydroxylation is 1. The Hall–Kier alpha value is -1.000. The summed E-state index contributed by atoms with van der Waals surface area (Å²) in [6.07, 6.45) is 0. The smallest absolute Gasteiger partial charge is 0.342 e. The number of rotatable bonds is 1. The lowest BCUT2D eigenvalue weighted by Crippen LogP contribution is -2.01. The van der Waals surface area contributed by atoms with Crippen molar-refractivity contribution in [3.05, 3.63) is 33.0 Å². The Morgan fingerprint density at radius 3 is 2.81 bits per heavy atom. The van der Waals surface area contributed by atoms with Crippen molar-refractivity contribution in [3.63, 3.8) is 0 Å². The van der Waals surface area contributed by atoms with Gasteiger partial charge < -0.3 is 9.15 Å². The fraction of sp³-hybridized carbons (Fsp3) is 0.182. The molecule has 0 bridgehead atoms. The van der Waals surface area contributed by atoms with Gasteiger partial charge in [-0.15, -0.1) is 0 Å². The predicted octanol–water partition coefficient (Wildman–Crippen LogP) is 3.94. The van der Waals surface area contributed by atoms with Gasteiger partial charge >= 0.3 is 5.97 Å². The Morgan fingerprint density at radius 2 is 2.19 bits per heavy atom. The van der Waals surface area contributed by atoms with Crippen LogP contribution in [0.15, 0.2) is 21.0 Å². The van der Waals surface area contributed by atoms with E-state index in [1.807, 2.05) is 0 Å². The number of hydrogen-bond acceptors (Lipinski definition) is 3. The molecule has 0 fully saturated rings. The Morgan fingerprint density at radius 1 is 1.50 bits per heavy atom. The first kappa shape index (κ1) is 11.5. The quantitative estimate of drug-likeness (QED) is 0.749. The molecule has 1 aromatic heterocycles. The van der Waals surface area contributed by atoms with Crippen LogP contribution in [0.2, 0.25) is 5.02 Å². The number of carbonyl (C=O) groups is 1. The van der Waals surface area contributed by atoms with Crippen molar-refractivity contribution in [1.29, 1.82) is 0 Å². The number of ether oxygens (including phenoxy) is 1. The van der Waals surface area contributed by atoms with Crippen molar-refractivity contribution in [3.8, 4) is 0 Å². The van der Waals surface area contributed by atoms with E-state index in [0.717, 1.165) is 0 Å². The minimum Gasteiger partial charge on any atom is -0.465 e. The van der Waals surface area contributed by atoms with Crippen molar-refractivity contribution < 1.29 is 13.9 Å². The summed E-state index contributed by atoms with van der Waals surface area (Å²) < 4.78 is 10.9. The normalized spacial score (nSPS) is 10.8. The molecule has 1 aromatic carbocycles. The highest BCUT2D eigenvalue weighted by atomic mass is 79.9. The third-order valence-electron chi connectivity index (χ3n) is 2.27. The van der Waals surface area contributed by atoms with Crippen LogP contribution in [0.3, 0.4) is 0 Å². The van der Waals surface area contributed by atoms with Gasteiger partial charge in [-0.3, -0.25) is 0 Å². The van der Waals surface area contributed by atoms with Gasteiger partial charge in [0.05, 0.1) is 7.11 Å². The first-order valence-electron chi connectivity index (χ1n) is 4.51. The molecule has 84 valence electrons. The first-order chi connectivity index (χ1) is 7.54. The number of carbonyl (C=O) groups excluding carboxylic acids is 1. The van der Waals surface area contributed by atoms with E-state index < -0.39 is 5.97 Å². The lowest BCUT2D eigenvalue weighted by molar-refractivity contribution is 0.0600. The lowest BCUT2D eigenvalue weighted by atomic mass is 10.1. The summed E-state index contributed by atoms with van der Waals surface area (Å²) in [6, 6.07) is 3.38. The van der Waals surface area contributed by atoms with Crippen LogP contribution in [0, 0.1) is 6.92 Å². The third-order valence-corrected chi connectivity index (χ3v) is 3.12. The maximum Gasteiger partial charge on any atom is 0.342 e. The SMILES string of the molecule is COC(=O)c1c(C)oc2cc(Cl)cc(Br)c12. The molecule has 2 aromatic rings. The summed E-state index contributed by atoms with van der Waals surface area (Å²) in [5, 5.41) is 1.23. The van der Waals surface area contributed by atoms with Gasteiger partial charge in [0.25, 0.3) is 0 Å². The molecule has 0 N–H and O–H groups in total. The van der Waals surface area contributed by atoms with E-state index in [1.54, 1.807) is 19.1 Å². The van der Waals surface area contributed by atoms with Crippen LogP contribution in [-0.4, -0.2) is 13.1 Å². The fourth-order valence-electron chi connectivity index (χ4n) is 1.61. The highest BCUT2D eigenvalue weighted by Gasteiger charge is 2.21. The molecule has 3 nitrogen and oxygen atoms in total. The summed E-state index contributed by atoms with van der Waals surface area (Å²) in [5.41, 5.74) is 0.998. The molecule has 0 radical (unpaired) electrons. The molecule has 16 heavy (non-hydrogen) atoms. The molecule has 0 aliphatic rings. The minimum absolute atomic E-state index is 0.417. The number of fused-ring (bicyclic) bond motifs is 1. The van der Waals surface area contributed by atoms with Crippen LogP contribution >= 0.6 is 27.5 Å². The monoisotopic (exact) mass is 302 g/mol. The second-order valence-electron chi connectivity index (χ2n) is 3.29. The molecular formula is C11H8BrClO3. The van der Waals surface area contributed by atoms with Gasteiger partial charge in [0.15, 0.2) is 0 Å². The van der Waals surface area contributed by atoms with E-state index in [4.69, 9.17) is 20.8 Å².